The molecule has 0 unspecified atom stereocenters. The van der Waals surface area contributed by atoms with Gasteiger partial charge in [-0.2, -0.15) is 0 Å². The zero-order valence-electron chi connectivity index (χ0n) is 20.5. The summed E-state index contributed by atoms with van der Waals surface area (Å²) in [5.41, 5.74) is -2.18. The molecule has 0 aliphatic carbocycles. The third-order valence-corrected chi connectivity index (χ3v) is 7.22. The Bertz CT molecular complexity index is 897. The van der Waals surface area contributed by atoms with Crippen LogP contribution >= 0.6 is 0 Å². The zero-order valence-corrected chi connectivity index (χ0v) is 20.5. The van der Waals surface area contributed by atoms with Crippen molar-refractivity contribution in [2.24, 2.45) is 11.8 Å². The smallest absolute Gasteiger partial charge is 0.311 e. The summed E-state index contributed by atoms with van der Waals surface area (Å²) in [5.74, 6) is -2.97. The Hall–Kier alpha value is -2.13. The van der Waals surface area contributed by atoms with Crippen molar-refractivity contribution in [3.05, 3.63) is 35.9 Å². The van der Waals surface area contributed by atoms with E-state index in [4.69, 9.17) is 14.2 Å². The maximum Gasteiger partial charge on any atom is 0.311 e. The molecular weight excluding hydrogens is 440 g/mol. The van der Waals surface area contributed by atoms with Crippen LogP contribution in [0.5, 0.6) is 0 Å². The van der Waals surface area contributed by atoms with Crippen molar-refractivity contribution in [3.8, 4) is 0 Å². The van der Waals surface area contributed by atoms with Gasteiger partial charge in [-0.25, -0.2) is 0 Å². The molecule has 0 spiro atoms. The SMILES string of the molecule is CC[C@H]1OC(=O)[C@H](C)[C@@H](O)[C@@H]2O[C@@](C)(C[C@@H](C)[C@H](OCc3ccccc3)CC(=O)[C@]1(C)O)C2=O. The summed E-state index contributed by atoms with van der Waals surface area (Å²) in [6, 6.07) is 9.49. The van der Waals surface area contributed by atoms with E-state index in [0.29, 0.717) is 0 Å². The van der Waals surface area contributed by atoms with Crippen LogP contribution in [0.15, 0.2) is 30.3 Å². The average molecular weight is 477 g/mol. The molecule has 3 heterocycles. The van der Waals surface area contributed by atoms with Gasteiger partial charge in [-0.05, 0) is 45.1 Å². The summed E-state index contributed by atoms with van der Waals surface area (Å²) in [6.45, 7) is 8.23. The minimum absolute atomic E-state index is 0.124. The number of carbonyl (C=O) groups excluding carboxylic acids is 3. The first-order chi connectivity index (χ1) is 15.9. The van der Waals surface area contributed by atoms with E-state index < -0.39 is 53.3 Å². The van der Waals surface area contributed by atoms with Crippen molar-refractivity contribution < 1.29 is 38.8 Å². The summed E-state index contributed by atoms with van der Waals surface area (Å²) < 4.78 is 17.4. The second-order valence-corrected chi connectivity index (χ2v) is 10.0. The first kappa shape index (κ1) is 26.5. The van der Waals surface area contributed by atoms with Crippen molar-refractivity contribution >= 4 is 17.5 Å². The largest absolute Gasteiger partial charge is 0.459 e. The first-order valence-electron chi connectivity index (χ1n) is 11.9. The van der Waals surface area contributed by atoms with Crippen molar-refractivity contribution in [1.82, 2.24) is 0 Å². The minimum atomic E-state index is -1.94. The molecule has 8 heteroatoms. The lowest BCUT2D eigenvalue weighted by Crippen LogP contribution is -2.66. The highest BCUT2D eigenvalue weighted by Gasteiger charge is 2.57. The van der Waals surface area contributed by atoms with E-state index >= 15 is 0 Å². The van der Waals surface area contributed by atoms with Crippen molar-refractivity contribution in [1.29, 1.82) is 0 Å². The number of rotatable bonds is 4. The molecule has 2 bridgehead atoms. The van der Waals surface area contributed by atoms with E-state index in [9.17, 15) is 24.6 Å². The highest BCUT2D eigenvalue weighted by Crippen LogP contribution is 2.40. The van der Waals surface area contributed by atoms with Gasteiger partial charge in [-0.1, -0.05) is 44.2 Å². The molecule has 1 aromatic rings. The second kappa shape index (κ2) is 10.2. The molecule has 3 saturated heterocycles. The van der Waals surface area contributed by atoms with E-state index in [1.54, 1.807) is 13.8 Å². The molecule has 0 amide bonds. The fourth-order valence-corrected chi connectivity index (χ4v) is 4.77. The molecule has 8 atom stereocenters. The van der Waals surface area contributed by atoms with Crippen LogP contribution in [-0.4, -0.2) is 63.4 Å². The fourth-order valence-electron chi connectivity index (χ4n) is 4.77. The number of ether oxygens (including phenoxy) is 3. The molecule has 8 nitrogen and oxygen atoms in total. The lowest BCUT2D eigenvalue weighted by molar-refractivity contribution is -0.227. The summed E-state index contributed by atoms with van der Waals surface area (Å²) >= 11 is 0. The van der Waals surface area contributed by atoms with Gasteiger partial charge in [0.25, 0.3) is 0 Å². The Morgan fingerprint density at radius 1 is 1.12 bits per heavy atom. The summed E-state index contributed by atoms with van der Waals surface area (Å²) in [6.07, 6.45) is -3.93. The zero-order chi connectivity index (χ0) is 25.3. The highest BCUT2D eigenvalue weighted by atomic mass is 16.6. The summed E-state index contributed by atoms with van der Waals surface area (Å²) in [7, 11) is 0. The monoisotopic (exact) mass is 476 g/mol. The number of fused-ring (bicyclic) bond motifs is 10. The van der Waals surface area contributed by atoms with E-state index in [0.717, 1.165) is 5.56 Å². The Morgan fingerprint density at radius 3 is 2.35 bits per heavy atom. The van der Waals surface area contributed by atoms with Gasteiger partial charge in [0.15, 0.2) is 17.2 Å². The number of hydrogen-bond acceptors (Lipinski definition) is 8. The van der Waals surface area contributed by atoms with E-state index in [1.165, 1.54) is 13.8 Å². The van der Waals surface area contributed by atoms with Gasteiger partial charge in [0.05, 0.1) is 18.6 Å². The van der Waals surface area contributed by atoms with Gasteiger partial charge in [0.2, 0.25) is 0 Å². The van der Waals surface area contributed by atoms with E-state index in [-0.39, 0.29) is 37.6 Å². The highest BCUT2D eigenvalue weighted by molar-refractivity contribution is 5.96. The maximum atomic E-state index is 13.3. The number of benzene rings is 1. The Kier molecular flexibility index (Phi) is 7.97. The molecule has 0 saturated carbocycles. The quantitative estimate of drug-likeness (QED) is 0.636. The molecule has 34 heavy (non-hydrogen) atoms. The summed E-state index contributed by atoms with van der Waals surface area (Å²) in [5, 5.41) is 21.7. The van der Waals surface area contributed by atoms with Gasteiger partial charge < -0.3 is 24.4 Å². The second-order valence-electron chi connectivity index (χ2n) is 10.0. The molecule has 2 N–H and O–H groups in total. The number of esters is 1. The number of Topliss-reactive ketones (excluding diaryl/α,β-unsaturated/α-hetero) is 2. The Labute approximate surface area is 200 Å². The van der Waals surface area contributed by atoms with Crippen molar-refractivity contribution in [2.75, 3.05) is 0 Å². The van der Waals surface area contributed by atoms with Crippen molar-refractivity contribution in [3.63, 3.8) is 0 Å². The van der Waals surface area contributed by atoms with Gasteiger partial charge in [0.1, 0.15) is 23.9 Å². The number of aliphatic hydroxyl groups is 2. The molecular formula is C26H36O8. The van der Waals surface area contributed by atoms with Gasteiger partial charge in [-0.3, -0.25) is 14.4 Å². The molecule has 0 radical (unpaired) electrons. The molecule has 188 valence electrons. The average Bonchev–Trinajstić information content (AvgIpc) is 2.81. The van der Waals surface area contributed by atoms with Crippen LogP contribution < -0.4 is 0 Å². The van der Waals surface area contributed by atoms with Gasteiger partial charge >= 0.3 is 5.97 Å². The fraction of sp³-hybridized carbons (Fsp3) is 0.654. The Morgan fingerprint density at radius 2 is 1.76 bits per heavy atom. The number of hydrogen-bond donors (Lipinski definition) is 2. The van der Waals surface area contributed by atoms with Gasteiger partial charge in [-0.15, -0.1) is 0 Å². The maximum absolute atomic E-state index is 13.3. The van der Waals surface area contributed by atoms with Crippen molar-refractivity contribution in [2.45, 2.75) is 96.1 Å². The molecule has 3 fully saturated rings. The lowest BCUT2D eigenvalue weighted by Gasteiger charge is -2.48. The van der Waals surface area contributed by atoms with Crippen LogP contribution in [0.2, 0.25) is 0 Å². The normalized spacial score (nSPS) is 39.7. The van der Waals surface area contributed by atoms with Crippen LogP contribution in [0.1, 0.15) is 59.4 Å². The van der Waals surface area contributed by atoms with Crippen LogP contribution in [0, 0.1) is 11.8 Å². The summed E-state index contributed by atoms with van der Waals surface area (Å²) in [4.78, 5) is 38.9. The molecule has 0 aromatic heterocycles. The third kappa shape index (κ3) is 5.25. The van der Waals surface area contributed by atoms with Crippen LogP contribution in [0.3, 0.4) is 0 Å². The molecule has 3 aliphatic rings. The number of aliphatic hydroxyl groups excluding tert-OH is 1. The Balaban J connectivity index is 1.91. The lowest BCUT2D eigenvalue weighted by atomic mass is 9.76. The molecule has 4 rings (SSSR count). The topological polar surface area (TPSA) is 119 Å². The van der Waals surface area contributed by atoms with Gasteiger partial charge in [0, 0.05) is 6.42 Å². The van der Waals surface area contributed by atoms with Crippen LogP contribution in [-0.2, 0) is 35.2 Å². The van der Waals surface area contributed by atoms with Crippen LogP contribution in [0.4, 0.5) is 0 Å². The number of carbonyl (C=O) groups is 3. The number of ketones is 2. The standard InChI is InChI=1S/C26H36O8/c1-6-20-26(5,31)19(27)12-18(32-14-17-10-8-7-9-11-17)15(2)13-25(4)23(29)22(34-25)21(28)16(3)24(30)33-20/h7-11,15-16,18,20-22,28,31H,6,12-14H2,1-5H3/t15-,16-,18-,20-,21-,22+,25+,26+/m1/s1. The first-order valence-corrected chi connectivity index (χ1v) is 11.9. The molecule has 3 aliphatic heterocycles. The van der Waals surface area contributed by atoms with Crippen LogP contribution in [0.25, 0.3) is 0 Å². The van der Waals surface area contributed by atoms with E-state index in [2.05, 4.69) is 0 Å². The predicted octanol–water partition coefficient (Wildman–Crippen LogP) is 2.37. The predicted molar refractivity (Wildman–Crippen MR) is 123 cm³/mol. The van der Waals surface area contributed by atoms with E-state index in [1.807, 2.05) is 37.3 Å². The third-order valence-electron chi connectivity index (χ3n) is 7.22. The minimum Gasteiger partial charge on any atom is -0.459 e. The molecule has 1 aromatic carbocycles.